The molecule has 0 saturated carbocycles. The van der Waals surface area contributed by atoms with Gasteiger partial charge in [-0.2, -0.15) is 0 Å². The quantitative estimate of drug-likeness (QED) is 0.602. The first kappa shape index (κ1) is 22.0. The second-order valence-corrected chi connectivity index (χ2v) is 8.24. The number of nitrogens with zero attached hydrogens (tertiary/aromatic N) is 3. The number of benzene rings is 2. The Hall–Kier alpha value is -3.22. The number of ether oxygens (including phenoxy) is 2. The lowest BCUT2D eigenvalue weighted by Crippen LogP contribution is -2.42. The van der Waals surface area contributed by atoms with Crippen LogP contribution in [0, 0.1) is 5.92 Å². The molecule has 0 aliphatic carbocycles. The second kappa shape index (κ2) is 9.51. The van der Waals surface area contributed by atoms with E-state index < -0.39 is 0 Å². The molecule has 7 heteroatoms. The molecule has 1 atom stereocenters. The molecule has 1 fully saturated rings. The monoisotopic (exact) mass is 436 g/mol. The first-order chi connectivity index (χ1) is 15.5. The summed E-state index contributed by atoms with van der Waals surface area (Å²) in [5, 5.41) is 3.18. The number of rotatable bonds is 7. The van der Waals surface area contributed by atoms with E-state index in [9.17, 15) is 4.79 Å². The standard InChI is InChI=1S/C25H32N4O3/c1-5-29-22-9-7-6-8-21(22)27-25(29)28-14-12-18(13-15-28)24(30)26-17(2)20-16-19(31-3)10-11-23(20)32-4/h6-11,16-18H,5,12-15H2,1-4H3,(H,26,30)/t17-/m0/s1. The zero-order valence-electron chi connectivity index (χ0n) is 19.3. The minimum Gasteiger partial charge on any atom is -0.497 e. The number of nitrogens with one attached hydrogen (secondary N) is 1. The van der Waals surface area contributed by atoms with Gasteiger partial charge in [-0.25, -0.2) is 4.98 Å². The van der Waals surface area contributed by atoms with Crippen molar-refractivity contribution in [2.45, 2.75) is 39.3 Å². The molecule has 1 saturated heterocycles. The Labute approximate surface area is 189 Å². The summed E-state index contributed by atoms with van der Waals surface area (Å²) in [6.45, 7) is 6.63. The van der Waals surface area contributed by atoms with Crippen LogP contribution >= 0.6 is 0 Å². The predicted molar refractivity (Wildman–Crippen MR) is 126 cm³/mol. The largest absolute Gasteiger partial charge is 0.497 e. The number of imidazole rings is 1. The summed E-state index contributed by atoms with van der Waals surface area (Å²) in [6, 6.07) is 13.7. The molecule has 0 spiro atoms. The van der Waals surface area contributed by atoms with Gasteiger partial charge in [-0.3, -0.25) is 4.79 Å². The molecular weight excluding hydrogens is 404 g/mol. The van der Waals surface area contributed by atoms with E-state index in [4.69, 9.17) is 14.5 Å². The fourth-order valence-electron chi connectivity index (χ4n) is 4.54. The van der Waals surface area contributed by atoms with Crippen LogP contribution in [0.15, 0.2) is 42.5 Å². The molecule has 4 rings (SSSR count). The Morgan fingerprint density at radius 1 is 1.16 bits per heavy atom. The van der Waals surface area contributed by atoms with Crippen molar-refractivity contribution < 1.29 is 14.3 Å². The highest BCUT2D eigenvalue weighted by molar-refractivity contribution is 5.80. The van der Waals surface area contributed by atoms with E-state index in [1.54, 1.807) is 14.2 Å². The first-order valence-corrected chi connectivity index (χ1v) is 11.3. The summed E-state index contributed by atoms with van der Waals surface area (Å²) in [5.41, 5.74) is 3.09. The van der Waals surface area contributed by atoms with Crippen LogP contribution in [0.25, 0.3) is 11.0 Å². The van der Waals surface area contributed by atoms with Crippen LogP contribution in [-0.2, 0) is 11.3 Å². The zero-order chi connectivity index (χ0) is 22.7. The number of anilines is 1. The van der Waals surface area contributed by atoms with E-state index in [1.807, 2.05) is 31.2 Å². The number of fused-ring (bicyclic) bond motifs is 1. The highest BCUT2D eigenvalue weighted by Crippen LogP contribution is 2.31. The highest BCUT2D eigenvalue weighted by Gasteiger charge is 2.28. The zero-order valence-corrected chi connectivity index (χ0v) is 19.3. The average Bonchev–Trinajstić information content (AvgIpc) is 3.22. The summed E-state index contributed by atoms with van der Waals surface area (Å²) in [6.07, 6.45) is 1.61. The van der Waals surface area contributed by atoms with Crippen molar-refractivity contribution in [2.75, 3.05) is 32.2 Å². The third-order valence-corrected chi connectivity index (χ3v) is 6.36. The van der Waals surface area contributed by atoms with Crippen LogP contribution in [-0.4, -0.2) is 42.8 Å². The summed E-state index contributed by atoms with van der Waals surface area (Å²) < 4.78 is 13.1. The molecule has 7 nitrogen and oxygen atoms in total. The number of carbonyl (C=O) groups is 1. The number of piperidine rings is 1. The maximum atomic E-state index is 13.0. The molecule has 3 aromatic rings. The van der Waals surface area contributed by atoms with Crippen LogP contribution in [0.2, 0.25) is 0 Å². The van der Waals surface area contributed by atoms with Crippen molar-refractivity contribution >= 4 is 22.9 Å². The third-order valence-electron chi connectivity index (χ3n) is 6.36. The molecule has 170 valence electrons. The Morgan fingerprint density at radius 2 is 1.91 bits per heavy atom. The van der Waals surface area contributed by atoms with Gasteiger partial charge in [0.15, 0.2) is 0 Å². The fraction of sp³-hybridized carbons (Fsp3) is 0.440. The Morgan fingerprint density at radius 3 is 2.59 bits per heavy atom. The van der Waals surface area contributed by atoms with Crippen molar-refractivity contribution in [1.82, 2.24) is 14.9 Å². The van der Waals surface area contributed by atoms with Crippen LogP contribution in [0.5, 0.6) is 11.5 Å². The number of amides is 1. The summed E-state index contributed by atoms with van der Waals surface area (Å²) in [7, 11) is 3.27. The molecule has 1 N–H and O–H groups in total. The lowest BCUT2D eigenvalue weighted by molar-refractivity contribution is -0.126. The summed E-state index contributed by atoms with van der Waals surface area (Å²) >= 11 is 0. The number of methoxy groups -OCH3 is 2. The van der Waals surface area contributed by atoms with Gasteiger partial charge in [0.25, 0.3) is 0 Å². The molecule has 1 amide bonds. The second-order valence-electron chi connectivity index (χ2n) is 8.24. The first-order valence-electron chi connectivity index (χ1n) is 11.3. The normalized spacial score (nSPS) is 15.6. The number of hydrogen-bond acceptors (Lipinski definition) is 5. The maximum Gasteiger partial charge on any atom is 0.223 e. The lowest BCUT2D eigenvalue weighted by atomic mass is 9.95. The summed E-state index contributed by atoms with van der Waals surface area (Å²) in [4.78, 5) is 20.2. The molecular formula is C25H32N4O3. The van der Waals surface area contributed by atoms with Gasteiger partial charge in [0, 0.05) is 31.1 Å². The van der Waals surface area contributed by atoms with Crippen molar-refractivity contribution in [3.05, 3.63) is 48.0 Å². The van der Waals surface area contributed by atoms with E-state index in [0.29, 0.717) is 0 Å². The smallest absolute Gasteiger partial charge is 0.223 e. The Kier molecular flexibility index (Phi) is 6.53. The SMILES string of the molecule is CCn1c(N2CCC(C(=O)N[C@@H](C)c3cc(OC)ccc3OC)CC2)nc2ccccc21. The molecule has 0 radical (unpaired) electrons. The van der Waals surface area contributed by atoms with Crippen molar-refractivity contribution in [3.63, 3.8) is 0 Å². The Bertz CT molecular complexity index is 1090. The van der Waals surface area contributed by atoms with Gasteiger partial charge in [-0.05, 0) is 57.0 Å². The molecule has 32 heavy (non-hydrogen) atoms. The van der Waals surface area contributed by atoms with Crippen LogP contribution in [0.1, 0.15) is 38.3 Å². The maximum absolute atomic E-state index is 13.0. The van der Waals surface area contributed by atoms with Gasteiger partial charge in [0.05, 0.1) is 31.3 Å². The average molecular weight is 437 g/mol. The number of aromatic nitrogens is 2. The van der Waals surface area contributed by atoms with Gasteiger partial charge >= 0.3 is 0 Å². The third kappa shape index (κ3) is 4.24. The van der Waals surface area contributed by atoms with E-state index in [-0.39, 0.29) is 17.9 Å². The molecule has 1 aromatic heterocycles. The summed E-state index contributed by atoms with van der Waals surface area (Å²) in [5.74, 6) is 2.57. The lowest BCUT2D eigenvalue weighted by Gasteiger charge is -2.33. The number of para-hydroxylation sites is 2. The molecule has 1 aliphatic heterocycles. The minimum absolute atomic E-state index is 0.00948. The van der Waals surface area contributed by atoms with Gasteiger partial charge in [-0.1, -0.05) is 12.1 Å². The van der Waals surface area contributed by atoms with Gasteiger partial charge in [0.2, 0.25) is 11.9 Å². The number of carbonyl (C=O) groups excluding carboxylic acids is 1. The van der Waals surface area contributed by atoms with Crippen LogP contribution in [0.4, 0.5) is 5.95 Å². The van der Waals surface area contributed by atoms with Crippen LogP contribution < -0.4 is 19.7 Å². The number of hydrogen-bond donors (Lipinski definition) is 1. The highest BCUT2D eigenvalue weighted by atomic mass is 16.5. The van der Waals surface area contributed by atoms with Gasteiger partial charge in [0.1, 0.15) is 11.5 Å². The minimum atomic E-state index is -0.171. The molecule has 0 bridgehead atoms. The van der Waals surface area contributed by atoms with Crippen molar-refractivity contribution in [1.29, 1.82) is 0 Å². The molecule has 0 unspecified atom stereocenters. The fourth-order valence-corrected chi connectivity index (χ4v) is 4.54. The Balaban J connectivity index is 1.41. The predicted octanol–water partition coefficient (Wildman–Crippen LogP) is 4.17. The van der Waals surface area contributed by atoms with Gasteiger partial charge < -0.3 is 24.3 Å². The number of aryl methyl sites for hydroxylation is 1. The van der Waals surface area contributed by atoms with Crippen molar-refractivity contribution in [2.24, 2.45) is 5.92 Å². The van der Waals surface area contributed by atoms with Crippen LogP contribution in [0.3, 0.4) is 0 Å². The molecule has 2 heterocycles. The van der Waals surface area contributed by atoms with E-state index >= 15 is 0 Å². The molecule has 2 aromatic carbocycles. The molecule has 1 aliphatic rings. The van der Waals surface area contributed by atoms with Crippen molar-refractivity contribution in [3.8, 4) is 11.5 Å². The van der Waals surface area contributed by atoms with E-state index in [2.05, 4.69) is 39.9 Å². The van der Waals surface area contributed by atoms with Gasteiger partial charge in [-0.15, -0.1) is 0 Å². The topological polar surface area (TPSA) is 68.6 Å². The van der Waals surface area contributed by atoms with E-state index in [1.165, 1.54) is 0 Å². The van der Waals surface area contributed by atoms with E-state index in [0.717, 1.165) is 66.5 Å².